The van der Waals surface area contributed by atoms with Crippen molar-refractivity contribution in [1.29, 1.82) is 0 Å². The number of ether oxygens (including phenoxy) is 2. The van der Waals surface area contributed by atoms with Crippen molar-refractivity contribution in [2.24, 2.45) is 0 Å². The van der Waals surface area contributed by atoms with Gasteiger partial charge in [-0.3, -0.25) is 0 Å². The summed E-state index contributed by atoms with van der Waals surface area (Å²) in [5, 5.41) is 5.37. The Morgan fingerprint density at radius 1 is 1.05 bits per heavy atom. The number of amides is 2. The molecule has 0 saturated carbocycles. The molecule has 1 atom stereocenters. The fourth-order valence-electron chi connectivity index (χ4n) is 1.31. The molecule has 0 heterocycles. The Labute approximate surface area is 131 Å². The Morgan fingerprint density at radius 2 is 1.59 bits per heavy atom. The lowest BCUT2D eigenvalue weighted by atomic mass is 10.1. The van der Waals surface area contributed by atoms with E-state index in [1.54, 1.807) is 20.8 Å². The minimum atomic E-state index is -0.675. The van der Waals surface area contributed by atoms with Crippen molar-refractivity contribution >= 4 is 18.0 Å². The number of nitrogens with one attached hydrogen (secondary N) is 2. The normalized spacial score (nSPS) is 12.9. The van der Waals surface area contributed by atoms with Crippen molar-refractivity contribution in [2.75, 3.05) is 6.61 Å². The largest absolute Gasteiger partial charge is 0.460 e. The van der Waals surface area contributed by atoms with E-state index in [1.807, 2.05) is 20.8 Å². The van der Waals surface area contributed by atoms with Gasteiger partial charge in [0.25, 0.3) is 0 Å². The van der Waals surface area contributed by atoms with Crippen LogP contribution in [0.3, 0.4) is 0 Å². The lowest BCUT2D eigenvalue weighted by Crippen LogP contribution is -2.49. The third kappa shape index (κ3) is 11.7. The van der Waals surface area contributed by atoms with Gasteiger partial charge in [0.1, 0.15) is 6.61 Å². The first kappa shape index (κ1) is 19.9. The minimum absolute atomic E-state index is 0.0000354. The van der Waals surface area contributed by atoms with Crippen molar-refractivity contribution in [1.82, 2.24) is 10.6 Å². The third-order valence-corrected chi connectivity index (χ3v) is 2.05. The molecule has 0 spiro atoms. The van der Waals surface area contributed by atoms with Gasteiger partial charge in [0.05, 0.1) is 12.1 Å². The first-order valence-corrected chi connectivity index (χ1v) is 7.13. The molecule has 2 amide bonds. The number of carbonyl (C=O) groups is 3. The summed E-state index contributed by atoms with van der Waals surface area (Å²) in [4.78, 5) is 34.2. The second kappa shape index (κ2) is 9.07. The van der Waals surface area contributed by atoms with E-state index in [9.17, 15) is 14.4 Å². The fraction of sp³-hybridized carbons (Fsp3) is 0.667. The van der Waals surface area contributed by atoms with E-state index in [4.69, 9.17) is 9.47 Å². The predicted octanol–water partition coefficient (Wildman–Crippen LogP) is 1.52. The molecule has 0 aliphatic rings. The molecular weight excluding hydrogens is 288 g/mol. The van der Waals surface area contributed by atoms with E-state index < -0.39 is 11.9 Å². The summed E-state index contributed by atoms with van der Waals surface area (Å²) in [6.07, 6.45) is 1.75. The van der Waals surface area contributed by atoms with Crippen LogP contribution in [-0.4, -0.2) is 42.3 Å². The monoisotopic (exact) mass is 314 g/mol. The van der Waals surface area contributed by atoms with Crippen LogP contribution in [0.15, 0.2) is 12.2 Å². The molecule has 0 radical (unpaired) electrons. The van der Waals surface area contributed by atoms with E-state index in [-0.39, 0.29) is 30.3 Å². The number of urea groups is 1. The average molecular weight is 314 g/mol. The second-order valence-corrected chi connectivity index (χ2v) is 6.20. The van der Waals surface area contributed by atoms with E-state index in [1.165, 1.54) is 0 Å². The van der Waals surface area contributed by atoms with Crippen LogP contribution >= 0.6 is 0 Å². The first-order chi connectivity index (χ1) is 9.99. The Balaban J connectivity index is 4.07. The molecule has 22 heavy (non-hydrogen) atoms. The van der Waals surface area contributed by atoms with Gasteiger partial charge in [0.15, 0.2) is 0 Å². The maximum atomic E-state index is 11.6. The Morgan fingerprint density at radius 3 is 2.09 bits per heavy atom. The molecule has 0 aromatic carbocycles. The van der Waals surface area contributed by atoms with Gasteiger partial charge in [0, 0.05) is 17.7 Å². The summed E-state index contributed by atoms with van der Waals surface area (Å²) in [6.45, 7) is 10.7. The zero-order valence-electron chi connectivity index (χ0n) is 14.1. The average Bonchev–Trinajstić information content (AvgIpc) is 2.30. The zero-order chi connectivity index (χ0) is 17.3. The first-order valence-electron chi connectivity index (χ1n) is 7.13. The molecule has 0 aromatic heterocycles. The van der Waals surface area contributed by atoms with E-state index in [2.05, 4.69) is 10.6 Å². The predicted molar refractivity (Wildman–Crippen MR) is 82.2 cm³/mol. The van der Waals surface area contributed by atoms with Crippen molar-refractivity contribution in [3.63, 3.8) is 0 Å². The summed E-state index contributed by atoms with van der Waals surface area (Å²) in [5.74, 6) is -1.28. The van der Waals surface area contributed by atoms with E-state index in [0.29, 0.717) is 0 Å². The summed E-state index contributed by atoms with van der Waals surface area (Å²) in [5.41, 5.74) is -0.347. The molecule has 126 valence electrons. The smallest absolute Gasteiger partial charge is 0.331 e. The van der Waals surface area contributed by atoms with Crippen molar-refractivity contribution < 1.29 is 23.9 Å². The van der Waals surface area contributed by atoms with Gasteiger partial charge < -0.3 is 20.1 Å². The van der Waals surface area contributed by atoms with E-state index in [0.717, 1.165) is 12.2 Å². The van der Waals surface area contributed by atoms with Gasteiger partial charge in [-0.15, -0.1) is 0 Å². The molecule has 0 aliphatic heterocycles. The molecule has 7 heteroatoms. The van der Waals surface area contributed by atoms with Crippen LogP contribution < -0.4 is 10.6 Å². The van der Waals surface area contributed by atoms with Crippen molar-refractivity contribution in [2.45, 2.75) is 59.2 Å². The molecular formula is C15H26N2O5. The molecule has 0 aliphatic carbocycles. The molecule has 7 nitrogen and oxygen atoms in total. The molecule has 0 fully saturated rings. The van der Waals surface area contributed by atoms with Crippen LogP contribution in [0.25, 0.3) is 0 Å². The van der Waals surface area contributed by atoms with Crippen molar-refractivity contribution in [3.8, 4) is 0 Å². The summed E-state index contributed by atoms with van der Waals surface area (Å²) >= 11 is 0. The van der Waals surface area contributed by atoms with Gasteiger partial charge in [0.2, 0.25) is 0 Å². The maximum absolute atomic E-state index is 11.6. The number of hydrogen-bond acceptors (Lipinski definition) is 5. The number of rotatable bonds is 6. The third-order valence-electron chi connectivity index (χ3n) is 2.05. The maximum Gasteiger partial charge on any atom is 0.331 e. The van der Waals surface area contributed by atoms with Crippen LogP contribution in [0.2, 0.25) is 0 Å². The highest BCUT2D eigenvalue weighted by atomic mass is 16.5. The molecule has 0 unspecified atom stereocenters. The molecule has 0 saturated heterocycles. The second-order valence-electron chi connectivity index (χ2n) is 6.20. The quantitative estimate of drug-likeness (QED) is 0.573. The highest BCUT2D eigenvalue weighted by Gasteiger charge is 2.15. The van der Waals surface area contributed by atoms with Crippen LogP contribution in [0.4, 0.5) is 4.79 Å². The molecule has 2 N–H and O–H groups in total. The van der Waals surface area contributed by atoms with Crippen LogP contribution in [0.5, 0.6) is 0 Å². The van der Waals surface area contributed by atoms with Gasteiger partial charge in [-0.1, -0.05) is 0 Å². The van der Waals surface area contributed by atoms with Crippen LogP contribution in [-0.2, 0) is 19.1 Å². The van der Waals surface area contributed by atoms with Crippen molar-refractivity contribution in [3.05, 3.63) is 12.2 Å². The Bertz CT molecular complexity index is 424. The number of hydrogen-bond donors (Lipinski definition) is 2. The van der Waals surface area contributed by atoms with Gasteiger partial charge >= 0.3 is 18.0 Å². The topological polar surface area (TPSA) is 93.7 Å². The lowest BCUT2D eigenvalue weighted by molar-refractivity contribution is -0.143. The van der Waals surface area contributed by atoms with Crippen LogP contribution in [0.1, 0.15) is 41.5 Å². The van der Waals surface area contributed by atoms with Gasteiger partial charge in [-0.2, -0.15) is 0 Å². The SMILES string of the molecule is CC(C)OC(=O)/C=C/C(=O)OC[C@H](C)NC(=O)NC(C)(C)C. The standard InChI is InChI=1S/C15H26N2O5/c1-10(2)22-13(19)8-7-12(18)21-9-11(3)16-14(20)17-15(4,5)6/h7-8,10-11H,9H2,1-6H3,(H2,16,17,20)/b8-7+/t11-/m0/s1. The molecule has 0 bridgehead atoms. The summed E-state index contributed by atoms with van der Waals surface area (Å²) in [6, 6.07) is -0.700. The van der Waals surface area contributed by atoms with Gasteiger partial charge in [-0.25, -0.2) is 14.4 Å². The molecule has 0 aromatic rings. The summed E-state index contributed by atoms with van der Waals surface area (Å²) < 4.78 is 9.74. The Hall–Kier alpha value is -2.05. The minimum Gasteiger partial charge on any atom is -0.460 e. The highest BCUT2D eigenvalue weighted by molar-refractivity contribution is 5.91. The Kier molecular flexibility index (Phi) is 8.22. The van der Waals surface area contributed by atoms with Crippen LogP contribution in [0, 0.1) is 0 Å². The number of carbonyl (C=O) groups excluding carboxylic acids is 3. The number of esters is 2. The lowest BCUT2D eigenvalue weighted by Gasteiger charge is -2.22. The van der Waals surface area contributed by atoms with Gasteiger partial charge in [-0.05, 0) is 41.5 Å². The summed E-state index contributed by atoms with van der Waals surface area (Å²) in [7, 11) is 0. The molecule has 0 rings (SSSR count). The van der Waals surface area contributed by atoms with E-state index >= 15 is 0 Å². The zero-order valence-corrected chi connectivity index (χ0v) is 14.1. The highest BCUT2D eigenvalue weighted by Crippen LogP contribution is 1.98. The fourth-order valence-corrected chi connectivity index (χ4v) is 1.31.